The first-order chi connectivity index (χ1) is 10.4. The van der Waals surface area contributed by atoms with Crippen LogP contribution in [-0.4, -0.2) is 47.1 Å². The topological polar surface area (TPSA) is 69.6 Å². The number of carbonyl (C=O) groups excluding carboxylic acids is 2. The van der Waals surface area contributed by atoms with E-state index >= 15 is 0 Å². The first-order valence-corrected chi connectivity index (χ1v) is 8.66. The highest BCUT2D eigenvalue weighted by Gasteiger charge is 2.35. The molecular weight excluding hydrogens is 292 g/mol. The molecule has 2 atom stereocenters. The molecule has 2 unspecified atom stereocenters. The molecule has 1 aliphatic heterocycles. The molecule has 5 heteroatoms. The molecule has 0 radical (unpaired) electrons. The summed E-state index contributed by atoms with van der Waals surface area (Å²) in [6.45, 7) is 13.1. The Morgan fingerprint density at radius 1 is 1.26 bits per heavy atom. The van der Waals surface area contributed by atoms with Crippen molar-refractivity contribution in [3.05, 3.63) is 0 Å². The van der Waals surface area contributed by atoms with Gasteiger partial charge in [-0.1, -0.05) is 34.6 Å². The van der Waals surface area contributed by atoms with Gasteiger partial charge in [-0.2, -0.15) is 0 Å². The number of aliphatic hydroxyl groups excluding tert-OH is 1. The number of amides is 2. The highest BCUT2D eigenvalue weighted by molar-refractivity contribution is 5.88. The van der Waals surface area contributed by atoms with Crippen molar-refractivity contribution >= 4 is 11.8 Å². The van der Waals surface area contributed by atoms with Gasteiger partial charge in [0.15, 0.2) is 0 Å². The SMILES string of the molecule is CC(O)CC(C)(C)CNC(=O)C1CCCN1C(=O)CC(C)(C)C. The molecule has 1 fully saturated rings. The van der Waals surface area contributed by atoms with Gasteiger partial charge in [0.05, 0.1) is 6.10 Å². The summed E-state index contributed by atoms with van der Waals surface area (Å²) >= 11 is 0. The van der Waals surface area contributed by atoms with Gasteiger partial charge in [0, 0.05) is 19.5 Å². The Labute approximate surface area is 140 Å². The number of hydrogen-bond acceptors (Lipinski definition) is 3. The molecule has 134 valence electrons. The van der Waals surface area contributed by atoms with Crippen LogP contribution in [0.5, 0.6) is 0 Å². The lowest BCUT2D eigenvalue weighted by atomic mass is 9.87. The molecule has 1 heterocycles. The van der Waals surface area contributed by atoms with Crippen molar-refractivity contribution in [1.82, 2.24) is 10.2 Å². The zero-order chi connectivity index (χ0) is 17.8. The van der Waals surface area contributed by atoms with Crippen LogP contribution in [0.15, 0.2) is 0 Å². The Balaban J connectivity index is 2.59. The summed E-state index contributed by atoms with van der Waals surface area (Å²) in [4.78, 5) is 26.7. The molecule has 1 rings (SSSR count). The lowest BCUT2D eigenvalue weighted by Crippen LogP contribution is -2.48. The van der Waals surface area contributed by atoms with Gasteiger partial charge in [-0.05, 0) is 37.0 Å². The average Bonchev–Trinajstić information content (AvgIpc) is 2.81. The smallest absolute Gasteiger partial charge is 0.242 e. The fraction of sp³-hybridized carbons (Fsp3) is 0.889. The number of nitrogens with zero attached hydrogens (tertiary/aromatic N) is 1. The number of carbonyl (C=O) groups is 2. The van der Waals surface area contributed by atoms with Crippen LogP contribution in [0.25, 0.3) is 0 Å². The van der Waals surface area contributed by atoms with Crippen molar-refractivity contribution in [2.24, 2.45) is 10.8 Å². The summed E-state index contributed by atoms with van der Waals surface area (Å²) in [6.07, 6.45) is 2.32. The maximum atomic E-state index is 12.5. The minimum absolute atomic E-state index is 0.0663. The summed E-state index contributed by atoms with van der Waals surface area (Å²) in [7, 11) is 0. The Morgan fingerprint density at radius 3 is 2.39 bits per heavy atom. The lowest BCUT2D eigenvalue weighted by molar-refractivity contribution is -0.140. The molecule has 0 aromatic heterocycles. The fourth-order valence-electron chi connectivity index (χ4n) is 3.21. The van der Waals surface area contributed by atoms with E-state index in [1.54, 1.807) is 11.8 Å². The minimum Gasteiger partial charge on any atom is -0.393 e. The van der Waals surface area contributed by atoms with Gasteiger partial charge in [0.2, 0.25) is 11.8 Å². The number of nitrogens with one attached hydrogen (secondary N) is 1. The largest absolute Gasteiger partial charge is 0.393 e. The van der Waals surface area contributed by atoms with Crippen LogP contribution in [0.1, 0.15) is 67.2 Å². The van der Waals surface area contributed by atoms with E-state index in [9.17, 15) is 14.7 Å². The number of rotatable bonds is 6. The molecule has 1 aliphatic rings. The molecule has 2 N–H and O–H groups in total. The zero-order valence-electron chi connectivity index (χ0n) is 15.6. The quantitative estimate of drug-likeness (QED) is 0.787. The number of aliphatic hydroxyl groups is 1. The molecule has 0 aromatic rings. The van der Waals surface area contributed by atoms with Gasteiger partial charge in [-0.15, -0.1) is 0 Å². The van der Waals surface area contributed by atoms with E-state index in [1.807, 2.05) is 34.6 Å². The van der Waals surface area contributed by atoms with Gasteiger partial charge in [0.1, 0.15) is 6.04 Å². The molecule has 0 aliphatic carbocycles. The standard InChI is InChI=1S/C18H34N2O3/c1-13(21)10-18(5,6)12-19-16(23)14-8-7-9-20(14)15(22)11-17(2,3)4/h13-14,21H,7-12H2,1-6H3,(H,19,23). The van der Waals surface area contributed by atoms with Crippen molar-refractivity contribution < 1.29 is 14.7 Å². The van der Waals surface area contributed by atoms with Gasteiger partial charge in [0.25, 0.3) is 0 Å². The van der Waals surface area contributed by atoms with Crippen molar-refractivity contribution in [2.75, 3.05) is 13.1 Å². The summed E-state index contributed by atoms with van der Waals surface area (Å²) < 4.78 is 0. The molecule has 1 saturated heterocycles. The molecule has 0 bridgehead atoms. The molecule has 5 nitrogen and oxygen atoms in total. The second kappa shape index (κ2) is 7.65. The second-order valence-corrected chi connectivity index (χ2v) is 8.92. The van der Waals surface area contributed by atoms with Crippen LogP contribution in [0.2, 0.25) is 0 Å². The molecular formula is C18H34N2O3. The van der Waals surface area contributed by atoms with E-state index in [1.165, 1.54) is 0 Å². The van der Waals surface area contributed by atoms with Gasteiger partial charge in [-0.25, -0.2) is 0 Å². The zero-order valence-corrected chi connectivity index (χ0v) is 15.6. The highest BCUT2D eigenvalue weighted by Crippen LogP contribution is 2.25. The van der Waals surface area contributed by atoms with Gasteiger partial charge in [-0.3, -0.25) is 9.59 Å². The van der Waals surface area contributed by atoms with E-state index in [4.69, 9.17) is 0 Å². The van der Waals surface area contributed by atoms with Gasteiger partial charge < -0.3 is 15.3 Å². The number of likely N-dealkylation sites (tertiary alicyclic amines) is 1. The van der Waals surface area contributed by atoms with E-state index in [2.05, 4.69) is 5.32 Å². The number of hydrogen-bond donors (Lipinski definition) is 2. The predicted octanol–water partition coefficient (Wildman–Crippen LogP) is 2.33. The molecule has 23 heavy (non-hydrogen) atoms. The third-order valence-corrected chi connectivity index (χ3v) is 4.15. The predicted molar refractivity (Wildman–Crippen MR) is 91.9 cm³/mol. The molecule has 0 aromatic carbocycles. The summed E-state index contributed by atoms with van der Waals surface area (Å²) in [5.41, 5.74) is -0.233. The van der Waals surface area contributed by atoms with E-state index < -0.39 is 6.10 Å². The van der Waals surface area contributed by atoms with E-state index in [0.717, 1.165) is 12.8 Å². The minimum atomic E-state index is -0.391. The normalized spacial score (nSPS) is 20.5. The van der Waals surface area contributed by atoms with Gasteiger partial charge >= 0.3 is 0 Å². The van der Waals surface area contributed by atoms with Crippen molar-refractivity contribution in [1.29, 1.82) is 0 Å². The van der Waals surface area contributed by atoms with Crippen LogP contribution >= 0.6 is 0 Å². The first kappa shape index (κ1) is 19.9. The van der Waals surface area contributed by atoms with E-state index in [0.29, 0.717) is 25.9 Å². The van der Waals surface area contributed by atoms with Crippen molar-refractivity contribution in [2.45, 2.75) is 79.4 Å². The van der Waals surface area contributed by atoms with E-state index in [-0.39, 0.29) is 28.7 Å². The maximum Gasteiger partial charge on any atom is 0.242 e. The van der Waals surface area contributed by atoms with Crippen molar-refractivity contribution in [3.8, 4) is 0 Å². The molecule has 0 saturated carbocycles. The summed E-state index contributed by atoms with van der Waals surface area (Å²) in [5.74, 6) is 0.00168. The Hall–Kier alpha value is -1.10. The average molecular weight is 326 g/mol. The highest BCUT2D eigenvalue weighted by atomic mass is 16.3. The van der Waals surface area contributed by atoms with Crippen LogP contribution < -0.4 is 5.32 Å². The van der Waals surface area contributed by atoms with Crippen LogP contribution in [0.3, 0.4) is 0 Å². The summed E-state index contributed by atoms with van der Waals surface area (Å²) in [5, 5.41) is 12.5. The Bertz CT molecular complexity index is 424. The third-order valence-electron chi connectivity index (χ3n) is 4.15. The molecule has 2 amide bonds. The fourth-order valence-corrected chi connectivity index (χ4v) is 3.21. The Kier molecular flexibility index (Phi) is 6.63. The molecule has 0 spiro atoms. The van der Waals surface area contributed by atoms with Crippen LogP contribution in [0.4, 0.5) is 0 Å². The maximum absolute atomic E-state index is 12.5. The Morgan fingerprint density at radius 2 is 1.87 bits per heavy atom. The van der Waals surface area contributed by atoms with Crippen LogP contribution in [-0.2, 0) is 9.59 Å². The van der Waals surface area contributed by atoms with Crippen molar-refractivity contribution in [3.63, 3.8) is 0 Å². The third kappa shape index (κ3) is 6.90. The van der Waals surface area contributed by atoms with Crippen LogP contribution in [0, 0.1) is 10.8 Å². The second-order valence-electron chi connectivity index (χ2n) is 8.92. The summed E-state index contributed by atoms with van der Waals surface area (Å²) in [6, 6.07) is -0.341. The first-order valence-electron chi connectivity index (χ1n) is 8.66. The monoisotopic (exact) mass is 326 g/mol. The lowest BCUT2D eigenvalue weighted by Gasteiger charge is -2.30.